The largest absolute Gasteiger partial charge is 0.444 e. The first-order valence-electron chi connectivity index (χ1n) is 12.7. The van der Waals surface area contributed by atoms with Crippen LogP contribution in [0.15, 0.2) is 24.5 Å². The minimum Gasteiger partial charge on any atom is -0.444 e. The van der Waals surface area contributed by atoms with Gasteiger partial charge >= 0.3 is 11.9 Å². The first kappa shape index (κ1) is 31.2. The highest BCUT2D eigenvalue weighted by atomic mass is 32.2. The number of alkyl halides is 3. The Kier molecular flexibility index (Phi) is 9.10. The van der Waals surface area contributed by atoms with Crippen LogP contribution in [0.1, 0.15) is 37.8 Å². The number of rotatable bonds is 8. The fourth-order valence-electron chi connectivity index (χ4n) is 4.00. The fourth-order valence-corrected chi connectivity index (χ4v) is 5.39. The molecule has 4 heterocycles. The second kappa shape index (κ2) is 12.2. The molecule has 1 saturated heterocycles. The number of likely N-dealkylation sites (tertiary alicyclic amines) is 1. The number of nitrogens with zero attached hydrogens (tertiary/aromatic N) is 5. The topological polar surface area (TPSA) is 149 Å². The lowest BCUT2D eigenvalue weighted by Crippen LogP contribution is -2.51. The Morgan fingerprint density at radius 2 is 1.93 bits per heavy atom. The second-order valence-corrected chi connectivity index (χ2v) is 13.4. The van der Waals surface area contributed by atoms with E-state index in [-0.39, 0.29) is 48.5 Å². The Hall–Kier alpha value is -3.73. The highest BCUT2D eigenvalue weighted by Gasteiger charge is 2.33. The van der Waals surface area contributed by atoms with Crippen molar-refractivity contribution in [3.63, 3.8) is 0 Å². The number of nitrogens with one attached hydrogen (secondary N) is 2. The van der Waals surface area contributed by atoms with E-state index in [2.05, 4.69) is 25.3 Å². The highest BCUT2D eigenvalue weighted by Crippen LogP contribution is 2.37. The SMILES string of the molecule is Cc1nc(Oc2cnc(NS(=O)(=O)C(F)F)c(C)c2)c(-c2ccnc(N[C@H]3C[C@H](F)CN(C(=O)OC(C)(C)C)C3)n2)s1. The van der Waals surface area contributed by atoms with Gasteiger partial charge in [0.2, 0.25) is 11.8 Å². The van der Waals surface area contributed by atoms with Gasteiger partial charge < -0.3 is 19.7 Å². The van der Waals surface area contributed by atoms with Gasteiger partial charge in [-0.2, -0.15) is 8.78 Å². The Balaban J connectivity index is 1.50. The molecule has 0 bridgehead atoms. The summed E-state index contributed by atoms with van der Waals surface area (Å²) >= 11 is 1.29. The van der Waals surface area contributed by atoms with Crippen molar-refractivity contribution < 1.29 is 35.9 Å². The molecule has 12 nitrogen and oxygen atoms in total. The van der Waals surface area contributed by atoms with Crippen LogP contribution in [0.3, 0.4) is 0 Å². The molecule has 0 aromatic carbocycles. The Morgan fingerprint density at radius 3 is 2.60 bits per heavy atom. The van der Waals surface area contributed by atoms with E-state index in [0.29, 0.717) is 15.6 Å². The van der Waals surface area contributed by atoms with Crippen LogP contribution < -0.4 is 14.8 Å². The van der Waals surface area contributed by atoms with E-state index in [4.69, 9.17) is 9.47 Å². The number of hydrogen-bond donors (Lipinski definition) is 2. The van der Waals surface area contributed by atoms with Gasteiger partial charge in [-0.25, -0.2) is 37.5 Å². The zero-order valence-electron chi connectivity index (χ0n) is 23.4. The van der Waals surface area contributed by atoms with Crippen molar-refractivity contribution in [1.29, 1.82) is 0 Å². The van der Waals surface area contributed by atoms with E-state index < -0.39 is 39.7 Å². The standard InChI is InChI=1S/C25H30F3N7O5S2/c1-13-8-17(10-30-20(13)34-42(37,38)22(27)28)39-21-19(41-14(2)31-21)18-6-7-29-23(33-18)32-16-9-15(26)11-35(12-16)24(36)40-25(3,4)5/h6-8,10,15-16,22H,9,11-12H2,1-5H3,(H,30,34)(H,29,32,33)/t15-,16-/m0/s1. The average molecular weight is 630 g/mol. The third-order valence-corrected chi connectivity index (χ3v) is 7.64. The van der Waals surface area contributed by atoms with E-state index >= 15 is 0 Å². The summed E-state index contributed by atoms with van der Waals surface area (Å²) in [5.74, 6) is -3.29. The second-order valence-electron chi connectivity index (χ2n) is 10.5. The normalized spacial score (nSPS) is 17.7. The van der Waals surface area contributed by atoms with E-state index in [9.17, 15) is 26.4 Å². The van der Waals surface area contributed by atoms with Gasteiger partial charge in [0.15, 0.2) is 0 Å². The third kappa shape index (κ3) is 7.96. The van der Waals surface area contributed by atoms with Gasteiger partial charge in [-0.15, -0.1) is 11.3 Å². The van der Waals surface area contributed by atoms with Crippen molar-refractivity contribution in [1.82, 2.24) is 24.8 Å². The number of thiazole rings is 1. The minimum atomic E-state index is -4.88. The van der Waals surface area contributed by atoms with Crippen LogP contribution in [0.5, 0.6) is 11.6 Å². The molecule has 228 valence electrons. The van der Waals surface area contributed by atoms with Crippen LogP contribution in [0, 0.1) is 13.8 Å². The number of piperidine rings is 1. The Morgan fingerprint density at radius 1 is 1.19 bits per heavy atom. The van der Waals surface area contributed by atoms with Crippen LogP contribution in [0.25, 0.3) is 10.6 Å². The maximum atomic E-state index is 14.5. The Bertz CT molecular complexity index is 1550. The van der Waals surface area contributed by atoms with Crippen molar-refractivity contribution in [2.24, 2.45) is 0 Å². The van der Waals surface area contributed by atoms with Crippen LogP contribution in [-0.2, 0) is 14.8 Å². The first-order chi connectivity index (χ1) is 19.6. The van der Waals surface area contributed by atoms with Crippen molar-refractivity contribution in [2.75, 3.05) is 23.1 Å². The molecule has 0 unspecified atom stereocenters. The molecule has 2 N–H and O–H groups in total. The maximum Gasteiger partial charge on any atom is 0.410 e. The number of halogens is 3. The smallest absolute Gasteiger partial charge is 0.410 e. The number of hydrogen-bond acceptors (Lipinski definition) is 11. The number of aromatic nitrogens is 4. The quantitative estimate of drug-likeness (QED) is 0.344. The first-order valence-corrected chi connectivity index (χ1v) is 15.1. The fraction of sp³-hybridized carbons (Fsp3) is 0.480. The molecule has 17 heteroatoms. The summed E-state index contributed by atoms with van der Waals surface area (Å²) in [5.41, 5.74) is -0.00994. The lowest BCUT2D eigenvalue weighted by atomic mass is 10.0. The number of amides is 1. The van der Waals surface area contributed by atoms with Crippen LogP contribution in [0.4, 0.5) is 29.7 Å². The van der Waals surface area contributed by atoms with Crippen molar-refractivity contribution >= 4 is 39.2 Å². The summed E-state index contributed by atoms with van der Waals surface area (Å²) in [6, 6.07) is 2.60. The molecular weight excluding hydrogens is 599 g/mol. The molecule has 42 heavy (non-hydrogen) atoms. The predicted molar refractivity (Wildman–Crippen MR) is 150 cm³/mol. The van der Waals surface area contributed by atoms with E-state index in [1.54, 1.807) is 38.5 Å². The van der Waals surface area contributed by atoms with E-state index in [0.717, 1.165) is 0 Å². The summed E-state index contributed by atoms with van der Waals surface area (Å²) in [6.45, 7) is 8.60. The molecule has 1 amide bonds. The van der Waals surface area contributed by atoms with Gasteiger partial charge in [-0.1, -0.05) is 0 Å². The lowest BCUT2D eigenvalue weighted by Gasteiger charge is -2.36. The molecule has 1 aliphatic heterocycles. The highest BCUT2D eigenvalue weighted by molar-refractivity contribution is 7.93. The molecule has 1 aliphatic rings. The summed E-state index contributed by atoms with van der Waals surface area (Å²) < 4.78 is 76.0. The molecule has 0 aliphatic carbocycles. The van der Waals surface area contributed by atoms with E-state index in [1.807, 2.05) is 0 Å². The van der Waals surface area contributed by atoms with Gasteiger partial charge in [-0.3, -0.25) is 4.72 Å². The van der Waals surface area contributed by atoms with Gasteiger partial charge in [-0.05, 0) is 52.3 Å². The number of sulfonamides is 1. The van der Waals surface area contributed by atoms with Gasteiger partial charge in [0.25, 0.3) is 10.0 Å². The number of anilines is 2. The summed E-state index contributed by atoms with van der Waals surface area (Å²) in [4.78, 5) is 31.5. The third-order valence-electron chi connectivity index (χ3n) is 5.72. The molecule has 0 saturated carbocycles. The molecule has 0 radical (unpaired) electrons. The molecule has 3 aromatic heterocycles. The van der Waals surface area contributed by atoms with Gasteiger partial charge in [0.05, 0.1) is 23.4 Å². The van der Waals surface area contributed by atoms with Crippen molar-refractivity contribution in [3.8, 4) is 22.2 Å². The zero-order chi connectivity index (χ0) is 30.8. The number of carbonyl (C=O) groups excluding carboxylic acids is 1. The lowest BCUT2D eigenvalue weighted by molar-refractivity contribution is 0.0124. The molecule has 4 rings (SSSR count). The van der Waals surface area contributed by atoms with Gasteiger partial charge in [0, 0.05) is 25.2 Å². The predicted octanol–water partition coefficient (Wildman–Crippen LogP) is 5.13. The number of pyridine rings is 1. The van der Waals surface area contributed by atoms with Crippen molar-refractivity contribution in [3.05, 3.63) is 35.1 Å². The monoisotopic (exact) mass is 629 g/mol. The van der Waals surface area contributed by atoms with Crippen LogP contribution in [-0.4, -0.2) is 76.0 Å². The summed E-state index contributed by atoms with van der Waals surface area (Å²) in [5, 5.41) is 3.75. The number of carbonyl (C=O) groups is 1. The summed E-state index contributed by atoms with van der Waals surface area (Å²) in [7, 11) is -4.88. The van der Waals surface area contributed by atoms with Crippen LogP contribution >= 0.6 is 11.3 Å². The van der Waals surface area contributed by atoms with Crippen molar-refractivity contribution in [2.45, 2.75) is 64.6 Å². The molecule has 2 atom stereocenters. The molecule has 3 aromatic rings. The molecule has 1 fully saturated rings. The van der Waals surface area contributed by atoms with Crippen LogP contribution in [0.2, 0.25) is 0 Å². The molecule has 0 spiro atoms. The van der Waals surface area contributed by atoms with E-state index in [1.165, 1.54) is 41.6 Å². The Labute approximate surface area is 244 Å². The maximum absolute atomic E-state index is 14.5. The van der Waals surface area contributed by atoms with Gasteiger partial charge in [0.1, 0.15) is 28.2 Å². The average Bonchev–Trinajstić information content (AvgIpc) is 3.24. The summed E-state index contributed by atoms with van der Waals surface area (Å²) in [6.07, 6.45) is 0.981. The number of aryl methyl sites for hydroxylation is 2. The number of ether oxygens (including phenoxy) is 2. The zero-order valence-corrected chi connectivity index (χ0v) is 25.0. The minimum absolute atomic E-state index is 0.0672. The molecular formula is C25H30F3N7O5S2.